The van der Waals surface area contributed by atoms with Gasteiger partial charge in [0.1, 0.15) is 6.17 Å². The summed E-state index contributed by atoms with van der Waals surface area (Å²) in [6.07, 6.45) is 1.83. The van der Waals surface area contributed by atoms with Gasteiger partial charge in [0, 0.05) is 11.4 Å². The number of pyridine rings is 1. The number of alkyl halides is 1. The fourth-order valence-electron chi connectivity index (χ4n) is 0.837. The van der Waals surface area contributed by atoms with Crippen molar-refractivity contribution in [1.29, 1.82) is 0 Å². The predicted molar refractivity (Wildman–Crippen MR) is 43.4 cm³/mol. The van der Waals surface area contributed by atoms with E-state index in [-0.39, 0.29) is 5.25 Å². The molecule has 1 nitrogen and oxygen atoms in total. The van der Waals surface area contributed by atoms with Crippen LogP contribution in [0.4, 0.5) is 4.39 Å². The maximum atomic E-state index is 12.4. The van der Waals surface area contributed by atoms with Crippen LogP contribution in [0.25, 0.3) is 0 Å². The summed E-state index contributed by atoms with van der Waals surface area (Å²) in [5, 5.41) is 1.10. The Hall–Kier alpha value is -0.570. The van der Waals surface area contributed by atoms with E-state index in [2.05, 4.69) is 4.98 Å². The van der Waals surface area contributed by atoms with E-state index in [1.165, 1.54) is 11.8 Å². The molecule has 1 fully saturated rings. The average Bonchev–Trinajstić information content (AvgIpc) is 2.69. The number of halogens is 1. The molecular weight excluding hydrogens is 161 g/mol. The van der Waals surface area contributed by atoms with Crippen molar-refractivity contribution in [2.24, 2.45) is 0 Å². The van der Waals surface area contributed by atoms with Gasteiger partial charge in [-0.05, 0) is 18.6 Å². The first-order valence-corrected chi connectivity index (χ1v) is 4.46. The maximum Gasteiger partial charge on any atom is 0.114 e. The van der Waals surface area contributed by atoms with Gasteiger partial charge in [-0.3, -0.25) is 0 Å². The van der Waals surface area contributed by atoms with Crippen LogP contribution in [0.15, 0.2) is 29.4 Å². The Morgan fingerprint density at radius 3 is 2.91 bits per heavy atom. The van der Waals surface area contributed by atoms with E-state index in [0.717, 1.165) is 5.03 Å². The molecule has 0 aromatic carbocycles. The standard InChI is InChI=1S/C8H8FNS/c9-6-5-7(6)11-8-3-1-2-4-10-8/h1-4,6-7H,5H2/t6-,7-/m0/s1. The predicted octanol–water partition coefficient (Wildman–Crippen LogP) is 2.28. The summed E-state index contributed by atoms with van der Waals surface area (Å²) in [5.41, 5.74) is 0. The van der Waals surface area contributed by atoms with Crippen molar-refractivity contribution in [2.45, 2.75) is 22.9 Å². The second-order valence-electron chi connectivity index (χ2n) is 2.58. The highest BCUT2D eigenvalue weighted by Crippen LogP contribution is 2.40. The number of thioether (sulfide) groups is 1. The molecule has 2 rings (SSSR count). The molecule has 3 heteroatoms. The molecule has 0 bridgehead atoms. The summed E-state index contributed by atoms with van der Waals surface area (Å²) in [7, 11) is 0. The Bertz CT molecular complexity index is 239. The summed E-state index contributed by atoms with van der Waals surface area (Å²) in [5.74, 6) is 0. The topological polar surface area (TPSA) is 12.9 Å². The number of hydrogen-bond donors (Lipinski definition) is 0. The second-order valence-corrected chi connectivity index (χ2v) is 3.84. The van der Waals surface area contributed by atoms with Crippen LogP contribution < -0.4 is 0 Å². The van der Waals surface area contributed by atoms with Crippen molar-refractivity contribution >= 4 is 11.8 Å². The van der Waals surface area contributed by atoms with Crippen molar-refractivity contribution in [3.05, 3.63) is 24.4 Å². The molecule has 1 aromatic heterocycles. The molecule has 0 spiro atoms. The van der Waals surface area contributed by atoms with Crippen molar-refractivity contribution in [1.82, 2.24) is 4.98 Å². The molecule has 1 saturated carbocycles. The molecule has 1 aliphatic carbocycles. The van der Waals surface area contributed by atoms with Crippen LogP contribution in [0.2, 0.25) is 0 Å². The molecule has 0 saturated heterocycles. The van der Waals surface area contributed by atoms with E-state index in [4.69, 9.17) is 0 Å². The molecule has 0 N–H and O–H groups in total. The fraction of sp³-hybridized carbons (Fsp3) is 0.375. The van der Waals surface area contributed by atoms with Crippen LogP contribution >= 0.6 is 11.8 Å². The van der Waals surface area contributed by atoms with Crippen LogP contribution in [-0.4, -0.2) is 16.4 Å². The lowest BCUT2D eigenvalue weighted by atomic mass is 10.5. The Labute approximate surface area is 69.0 Å². The third-order valence-corrected chi connectivity index (χ3v) is 2.84. The summed E-state index contributed by atoms with van der Waals surface area (Å²) in [6.45, 7) is 0. The van der Waals surface area contributed by atoms with Gasteiger partial charge in [-0.2, -0.15) is 0 Å². The Balaban J connectivity index is 1.97. The quantitative estimate of drug-likeness (QED) is 0.673. The zero-order valence-electron chi connectivity index (χ0n) is 5.90. The van der Waals surface area contributed by atoms with Gasteiger partial charge in [-0.25, -0.2) is 9.37 Å². The van der Waals surface area contributed by atoms with E-state index in [9.17, 15) is 4.39 Å². The first-order valence-electron chi connectivity index (χ1n) is 3.58. The molecule has 1 aromatic rings. The summed E-state index contributed by atoms with van der Waals surface area (Å²) in [4.78, 5) is 4.09. The number of hydrogen-bond acceptors (Lipinski definition) is 2. The average molecular weight is 169 g/mol. The Kier molecular flexibility index (Phi) is 1.82. The Morgan fingerprint density at radius 1 is 1.55 bits per heavy atom. The summed E-state index contributed by atoms with van der Waals surface area (Å²) < 4.78 is 12.4. The van der Waals surface area contributed by atoms with Crippen molar-refractivity contribution < 1.29 is 4.39 Å². The molecule has 1 aliphatic rings. The highest BCUT2D eigenvalue weighted by Gasteiger charge is 2.38. The van der Waals surface area contributed by atoms with Gasteiger partial charge in [0.15, 0.2) is 0 Å². The first-order chi connectivity index (χ1) is 5.36. The molecule has 58 valence electrons. The molecule has 0 unspecified atom stereocenters. The van der Waals surface area contributed by atoms with Gasteiger partial charge < -0.3 is 0 Å². The van der Waals surface area contributed by atoms with E-state index >= 15 is 0 Å². The van der Waals surface area contributed by atoms with Gasteiger partial charge in [-0.15, -0.1) is 0 Å². The van der Waals surface area contributed by atoms with Crippen LogP contribution in [0.3, 0.4) is 0 Å². The van der Waals surface area contributed by atoms with E-state index in [0.29, 0.717) is 6.42 Å². The van der Waals surface area contributed by atoms with Crippen molar-refractivity contribution in [3.63, 3.8) is 0 Å². The lowest BCUT2D eigenvalue weighted by Crippen LogP contribution is -1.82. The second kappa shape index (κ2) is 2.81. The van der Waals surface area contributed by atoms with Gasteiger partial charge in [0.2, 0.25) is 0 Å². The lowest BCUT2D eigenvalue weighted by molar-refractivity contribution is 0.482. The first kappa shape index (κ1) is 7.10. The molecular formula is C8H8FNS. The summed E-state index contributed by atoms with van der Waals surface area (Å²) in [6, 6.07) is 5.70. The van der Waals surface area contributed by atoms with Gasteiger partial charge in [0.05, 0.1) is 5.03 Å². The van der Waals surface area contributed by atoms with Gasteiger partial charge in [0.25, 0.3) is 0 Å². The van der Waals surface area contributed by atoms with Crippen molar-refractivity contribution in [2.75, 3.05) is 0 Å². The molecule has 0 aliphatic heterocycles. The number of aromatic nitrogens is 1. The largest absolute Gasteiger partial charge is 0.250 e. The molecule has 0 radical (unpaired) electrons. The minimum Gasteiger partial charge on any atom is -0.250 e. The third-order valence-electron chi connectivity index (χ3n) is 1.57. The molecule has 11 heavy (non-hydrogen) atoms. The molecule has 1 heterocycles. The van der Waals surface area contributed by atoms with Crippen molar-refractivity contribution in [3.8, 4) is 0 Å². The van der Waals surface area contributed by atoms with Crippen LogP contribution in [0.5, 0.6) is 0 Å². The zero-order chi connectivity index (χ0) is 7.68. The Morgan fingerprint density at radius 2 is 2.36 bits per heavy atom. The zero-order valence-corrected chi connectivity index (χ0v) is 6.72. The van der Waals surface area contributed by atoms with Crippen LogP contribution in [0, 0.1) is 0 Å². The fourth-order valence-corrected chi connectivity index (χ4v) is 1.85. The highest BCUT2D eigenvalue weighted by atomic mass is 32.2. The number of nitrogens with zero attached hydrogens (tertiary/aromatic N) is 1. The van der Waals surface area contributed by atoms with Crippen LogP contribution in [-0.2, 0) is 0 Å². The van der Waals surface area contributed by atoms with E-state index < -0.39 is 6.17 Å². The van der Waals surface area contributed by atoms with Gasteiger partial charge >= 0.3 is 0 Å². The minimum atomic E-state index is -0.595. The van der Waals surface area contributed by atoms with Gasteiger partial charge in [-0.1, -0.05) is 17.8 Å². The maximum absolute atomic E-state index is 12.4. The van der Waals surface area contributed by atoms with E-state index in [1.54, 1.807) is 6.20 Å². The third kappa shape index (κ3) is 1.71. The highest BCUT2D eigenvalue weighted by molar-refractivity contribution is 8.00. The minimum absolute atomic E-state index is 0.171. The molecule has 2 atom stereocenters. The smallest absolute Gasteiger partial charge is 0.114 e. The SMILES string of the molecule is F[C@H]1C[C@@H]1Sc1ccccn1. The normalized spacial score (nSPS) is 28.5. The summed E-state index contributed by atoms with van der Waals surface area (Å²) >= 11 is 1.53. The lowest BCUT2D eigenvalue weighted by Gasteiger charge is -1.94. The molecule has 0 amide bonds. The number of rotatable bonds is 2. The van der Waals surface area contributed by atoms with Crippen LogP contribution in [0.1, 0.15) is 6.42 Å². The van der Waals surface area contributed by atoms with E-state index in [1.807, 2.05) is 18.2 Å². The monoisotopic (exact) mass is 169 g/mol.